The van der Waals surface area contributed by atoms with Crippen molar-refractivity contribution in [2.24, 2.45) is 5.14 Å². The number of hydrogen-bond donors (Lipinski definition) is 2. The number of para-hydroxylation sites is 1. The molecule has 1 aromatic rings. The van der Waals surface area contributed by atoms with Crippen LogP contribution in [0.2, 0.25) is 0 Å². The summed E-state index contributed by atoms with van der Waals surface area (Å²) in [5.74, 6) is 0. The van der Waals surface area contributed by atoms with Crippen molar-refractivity contribution in [1.29, 1.82) is 0 Å². The highest BCUT2D eigenvalue weighted by atomic mass is 32.2. The first-order valence-corrected chi connectivity index (χ1v) is 5.85. The van der Waals surface area contributed by atoms with Crippen LogP contribution in [-0.2, 0) is 10.0 Å². The highest BCUT2D eigenvalue weighted by Gasteiger charge is 2.09. The number of primary sulfonamides is 1. The molecule has 80 valence electrons. The molecule has 0 amide bonds. The molecule has 0 aliphatic carbocycles. The fourth-order valence-electron chi connectivity index (χ4n) is 0.740. The van der Waals surface area contributed by atoms with Crippen LogP contribution < -0.4 is 10.9 Å². The van der Waals surface area contributed by atoms with E-state index >= 15 is 0 Å². The molecule has 0 radical (unpaired) electrons. The first-order chi connectivity index (χ1) is 6.43. The topological polar surface area (TPSA) is 86.2 Å². The van der Waals surface area contributed by atoms with Gasteiger partial charge in [0.1, 0.15) is 4.90 Å². The Labute approximate surface area is 85.0 Å². The van der Waals surface area contributed by atoms with E-state index < -0.39 is 10.0 Å². The Balaban J connectivity index is 0.000000500. The Bertz CT molecular complexity index is 374. The summed E-state index contributed by atoms with van der Waals surface area (Å²) < 4.78 is 21.5. The highest BCUT2D eigenvalue weighted by Crippen LogP contribution is 2.14. The molecule has 0 aliphatic rings. The van der Waals surface area contributed by atoms with Crippen LogP contribution >= 0.6 is 0 Å². The smallest absolute Gasteiger partial charge is 0.240 e. The van der Waals surface area contributed by atoms with Gasteiger partial charge < -0.3 is 5.73 Å². The monoisotopic (exact) mass is 216 g/mol. The molecular formula is C9H16N2O2S. The maximum absolute atomic E-state index is 10.8. The summed E-state index contributed by atoms with van der Waals surface area (Å²) in [5, 5.41) is 4.85. The summed E-state index contributed by atoms with van der Waals surface area (Å²) in [6.45, 7) is 4.25. The lowest BCUT2D eigenvalue weighted by Crippen LogP contribution is -2.13. The minimum atomic E-state index is -3.66. The Morgan fingerprint density at radius 3 is 1.93 bits per heavy atom. The number of benzene rings is 1. The van der Waals surface area contributed by atoms with Crippen molar-refractivity contribution >= 4 is 15.7 Å². The molecule has 0 saturated heterocycles. The van der Waals surface area contributed by atoms with Crippen LogP contribution in [0.15, 0.2) is 29.2 Å². The Hall–Kier alpha value is -1.07. The predicted octanol–water partition coefficient (Wildman–Crippen LogP) is 1.33. The molecule has 0 saturated carbocycles. The lowest BCUT2D eigenvalue weighted by Gasteiger charge is -2.00. The third kappa shape index (κ3) is 4.25. The molecule has 0 atom stereocenters. The van der Waals surface area contributed by atoms with Crippen molar-refractivity contribution < 1.29 is 8.42 Å². The van der Waals surface area contributed by atoms with E-state index in [0.29, 0.717) is 0 Å². The SMILES string of the molecule is CCC.Nc1ccccc1S(N)(=O)=O. The number of anilines is 1. The van der Waals surface area contributed by atoms with Crippen molar-refractivity contribution in [1.82, 2.24) is 0 Å². The molecule has 5 heteroatoms. The maximum Gasteiger partial charge on any atom is 0.240 e. The first kappa shape index (κ1) is 12.9. The minimum absolute atomic E-state index is 0.0278. The van der Waals surface area contributed by atoms with Crippen LogP contribution in [0.25, 0.3) is 0 Å². The molecule has 0 aliphatic heterocycles. The van der Waals surface area contributed by atoms with E-state index in [4.69, 9.17) is 10.9 Å². The Kier molecular flexibility index (Phi) is 5.19. The van der Waals surface area contributed by atoms with Gasteiger partial charge >= 0.3 is 0 Å². The second-order valence-electron chi connectivity index (χ2n) is 2.79. The number of rotatable bonds is 1. The molecule has 0 heterocycles. The average molecular weight is 216 g/mol. The Morgan fingerprint density at radius 2 is 1.64 bits per heavy atom. The molecule has 0 aromatic heterocycles. The highest BCUT2D eigenvalue weighted by molar-refractivity contribution is 7.89. The zero-order chi connectivity index (χ0) is 11.2. The summed E-state index contributed by atoms with van der Waals surface area (Å²) in [7, 11) is -3.66. The lowest BCUT2D eigenvalue weighted by atomic mass is 10.3. The summed E-state index contributed by atoms with van der Waals surface area (Å²) >= 11 is 0. The van der Waals surface area contributed by atoms with Crippen LogP contribution in [0.3, 0.4) is 0 Å². The summed E-state index contributed by atoms with van der Waals surface area (Å²) in [6.07, 6.45) is 1.25. The maximum atomic E-state index is 10.8. The van der Waals surface area contributed by atoms with Gasteiger partial charge in [-0.25, -0.2) is 13.6 Å². The van der Waals surface area contributed by atoms with Gasteiger partial charge in [-0.15, -0.1) is 0 Å². The predicted molar refractivity (Wildman–Crippen MR) is 58.2 cm³/mol. The van der Waals surface area contributed by atoms with Gasteiger partial charge in [-0.3, -0.25) is 0 Å². The van der Waals surface area contributed by atoms with Crippen molar-refractivity contribution in [3.63, 3.8) is 0 Å². The quantitative estimate of drug-likeness (QED) is 0.694. The van der Waals surface area contributed by atoms with E-state index in [2.05, 4.69) is 13.8 Å². The van der Waals surface area contributed by atoms with E-state index in [1.165, 1.54) is 18.6 Å². The molecule has 0 spiro atoms. The van der Waals surface area contributed by atoms with E-state index in [1.54, 1.807) is 12.1 Å². The molecule has 0 bridgehead atoms. The van der Waals surface area contributed by atoms with Crippen molar-refractivity contribution in [2.75, 3.05) is 5.73 Å². The van der Waals surface area contributed by atoms with Gasteiger partial charge in [0.15, 0.2) is 0 Å². The van der Waals surface area contributed by atoms with Gasteiger partial charge in [-0.2, -0.15) is 0 Å². The van der Waals surface area contributed by atoms with Gasteiger partial charge in [0, 0.05) is 0 Å². The number of nitrogen functional groups attached to an aromatic ring is 1. The van der Waals surface area contributed by atoms with Crippen molar-refractivity contribution in [3.05, 3.63) is 24.3 Å². The van der Waals surface area contributed by atoms with Gasteiger partial charge in [-0.1, -0.05) is 32.4 Å². The van der Waals surface area contributed by atoms with E-state index in [0.717, 1.165) is 0 Å². The molecule has 0 fully saturated rings. The van der Waals surface area contributed by atoms with Gasteiger partial charge in [0.2, 0.25) is 10.0 Å². The second-order valence-corrected chi connectivity index (χ2v) is 4.32. The molecule has 4 nitrogen and oxygen atoms in total. The Morgan fingerprint density at radius 1 is 1.21 bits per heavy atom. The van der Waals surface area contributed by atoms with Crippen LogP contribution in [0.4, 0.5) is 5.69 Å². The molecule has 4 N–H and O–H groups in total. The second kappa shape index (κ2) is 5.62. The fourth-order valence-corrected chi connectivity index (χ4v) is 1.40. The van der Waals surface area contributed by atoms with Crippen LogP contribution in [-0.4, -0.2) is 8.42 Å². The zero-order valence-corrected chi connectivity index (χ0v) is 9.21. The zero-order valence-electron chi connectivity index (χ0n) is 8.40. The number of sulfonamides is 1. The van der Waals surface area contributed by atoms with Gasteiger partial charge in [0.25, 0.3) is 0 Å². The minimum Gasteiger partial charge on any atom is -0.398 e. The molecule has 1 rings (SSSR count). The number of hydrogen-bond acceptors (Lipinski definition) is 3. The van der Waals surface area contributed by atoms with Crippen LogP contribution in [0.1, 0.15) is 20.3 Å². The molecular weight excluding hydrogens is 200 g/mol. The molecule has 0 unspecified atom stereocenters. The van der Waals surface area contributed by atoms with Crippen LogP contribution in [0, 0.1) is 0 Å². The summed E-state index contributed by atoms with van der Waals surface area (Å²) in [6, 6.07) is 6.06. The summed E-state index contributed by atoms with van der Waals surface area (Å²) in [4.78, 5) is -0.0278. The van der Waals surface area contributed by atoms with E-state index in [1.807, 2.05) is 0 Å². The third-order valence-corrected chi connectivity index (χ3v) is 2.21. The summed E-state index contributed by atoms with van der Waals surface area (Å²) in [5.41, 5.74) is 5.52. The lowest BCUT2D eigenvalue weighted by molar-refractivity contribution is 0.598. The average Bonchev–Trinajstić information content (AvgIpc) is 2.04. The number of nitrogens with two attached hydrogens (primary N) is 2. The van der Waals surface area contributed by atoms with E-state index in [9.17, 15) is 8.42 Å². The fraction of sp³-hybridized carbons (Fsp3) is 0.333. The normalized spacial score (nSPS) is 10.2. The van der Waals surface area contributed by atoms with Crippen molar-refractivity contribution in [2.45, 2.75) is 25.2 Å². The largest absolute Gasteiger partial charge is 0.398 e. The van der Waals surface area contributed by atoms with Crippen LogP contribution in [0.5, 0.6) is 0 Å². The molecule has 14 heavy (non-hydrogen) atoms. The standard InChI is InChI=1S/C6H8N2O2S.C3H8/c7-5-3-1-2-4-6(5)11(8,9)10;1-3-2/h1-4H,7H2,(H2,8,9,10);3H2,1-2H3. The third-order valence-electron chi connectivity index (χ3n) is 1.23. The van der Waals surface area contributed by atoms with Gasteiger partial charge in [0.05, 0.1) is 5.69 Å². The molecule has 1 aromatic carbocycles. The van der Waals surface area contributed by atoms with Gasteiger partial charge in [-0.05, 0) is 12.1 Å². The van der Waals surface area contributed by atoms with E-state index in [-0.39, 0.29) is 10.6 Å². The van der Waals surface area contributed by atoms with Crippen molar-refractivity contribution in [3.8, 4) is 0 Å². The first-order valence-electron chi connectivity index (χ1n) is 4.30.